The second-order valence-electron chi connectivity index (χ2n) is 0.760. The Morgan fingerprint density at radius 1 is 1.33 bits per heavy atom. The van der Waals surface area contributed by atoms with E-state index in [1.54, 1.807) is 0 Å². The highest BCUT2D eigenvalue weighted by Crippen LogP contribution is 1.79. The van der Waals surface area contributed by atoms with E-state index in [4.69, 9.17) is 0 Å². The van der Waals surface area contributed by atoms with Crippen molar-refractivity contribution in [1.82, 2.24) is 0 Å². The van der Waals surface area contributed by atoms with E-state index in [1.807, 2.05) is 0 Å². The fourth-order valence-electron chi connectivity index (χ4n) is 0.0962. The molecule has 0 amide bonds. The lowest BCUT2D eigenvalue weighted by molar-refractivity contribution is -0.268. The molecule has 0 aromatic rings. The molecular formula is C3H7O3. The van der Waals surface area contributed by atoms with Crippen molar-refractivity contribution in [2.24, 2.45) is 0 Å². The third kappa shape index (κ3) is 2.14. The van der Waals surface area contributed by atoms with Gasteiger partial charge in [0.05, 0.1) is 0 Å². The van der Waals surface area contributed by atoms with Crippen molar-refractivity contribution in [3.05, 3.63) is 0 Å². The van der Waals surface area contributed by atoms with Gasteiger partial charge in [0.15, 0.2) is 0 Å². The Morgan fingerprint density at radius 3 is 1.67 bits per heavy atom. The molecule has 0 aliphatic carbocycles. The summed E-state index contributed by atoms with van der Waals surface area (Å²) in [6.07, 6.45) is 0. The topological polar surface area (TPSA) is 38.4 Å². The number of methoxy groups -OCH3 is 2. The van der Waals surface area contributed by atoms with Crippen molar-refractivity contribution < 1.29 is 14.6 Å². The molecule has 0 saturated heterocycles. The Kier molecular flexibility index (Phi) is 3.02. The number of hydrogen-bond donors (Lipinski definition) is 0. The second-order valence-corrected chi connectivity index (χ2v) is 0.760. The van der Waals surface area contributed by atoms with Gasteiger partial charge in [-0.1, -0.05) is 0 Å². The number of rotatable bonds is 2. The molecule has 0 fully saturated rings. The Hall–Kier alpha value is -0.120. The van der Waals surface area contributed by atoms with Gasteiger partial charge in [0.1, 0.15) is 0 Å². The fourth-order valence-corrected chi connectivity index (χ4v) is 0.0962. The van der Waals surface area contributed by atoms with E-state index in [9.17, 15) is 5.11 Å². The van der Waals surface area contributed by atoms with Gasteiger partial charge in [0.25, 0.3) is 0 Å². The van der Waals surface area contributed by atoms with Crippen molar-refractivity contribution in [1.29, 1.82) is 0 Å². The van der Waals surface area contributed by atoms with Gasteiger partial charge in [-0.15, -0.1) is 0 Å². The van der Waals surface area contributed by atoms with Crippen LogP contribution in [-0.4, -0.2) is 20.7 Å². The summed E-state index contributed by atoms with van der Waals surface area (Å²) in [5.41, 5.74) is 0. The first-order valence-electron chi connectivity index (χ1n) is 1.52. The molecule has 3 heteroatoms. The minimum absolute atomic E-state index is 1.29. The van der Waals surface area contributed by atoms with E-state index in [0.717, 1.165) is 0 Å². The van der Waals surface area contributed by atoms with E-state index in [-0.39, 0.29) is 0 Å². The van der Waals surface area contributed by atoms with E-state index in [0.29, 0.717) is 0 Å². The summed E-state index contributed by atoms with van der Waals surface area (Å²) >= 11 is 0. The summed E-state index contributed by atoms with van der Waals surface area (Å²) in [7, 11) is 2.59. The largest absolute Gasteiger partial charge is 0.331 e. The predicted molar refractivity (Wildman–Crippen MR) is 18.5 cm³/mol. The van der Waals surface area contributed by atoms with Gasteiger partial charge in [-0.3, -0.25) is 0 Å². The van der Waals surface area contributed by atoms with E-state index in [2.05, 4.69) is 9.47 Å². The van der Waals surface area contributed by atoms with Crippen LogP contribution in [0, 0.1) is 0 Å². The molecule has 6 heavy (non-hydrogen) atoms. The first kappa shape index (κ1) is 5.88. The molecule has 0 aliphatic heterocycles. The Balaban J connectivity index is 2.75. The molecule has 0 aromatic carbocycles. The van der Waals surface area contributed by atoms with Gasteiger partial charge in [0, 0.05) is 14.2 Å². The minimum atomic E-state index is -1.31. The summed E-state index contributed by atoms with van der Waals surface area (Å²) in [5.74, 6) is 0. The molecule has 0 bridgehead atoms. The number of ether oxygens (including phenoxy) is 2. The molecule has 0 unspecified atom stereocenters. The molecule has 0 rings (SSSR count). The second kappa shape index (κ2) is 3.08. The maximum Gasteiger partial charge on any atom is 0.300 e. The van der Waals surface area contributed by atoms with Crippen LogP contribution < -0.4 is 0 Å². The van der Waals surface area contributed by atoms with Crippen LogP contribution >= 0.6 is 0 Å². The normalized spacial score (nSPS) is 10.0. The summed E-state index contributed by atoms with van der Waals surface area (Å²) in [6, 6.07) is 0. The van der Waals surface area contributed by atoms with Crippen LogP contribution in [0.15, 0.2) is 0 Å². The molecule has 0 aliphatic rings. The maximum atomic E-state index is 9.82. The Morgan fingerprint density at radius 2 is 1.67 bits per heavy atom. The highest BCUT2D eigenvalue weighted by molar-refractivity contribution is 3.99. The number of hydrogen-bond acceptors (Lipinski definition) is 2. The zero-order valence-corrected chi connectivity index (χ0v) is 3.80. The molecule has 0 N–H and O–H groups in total. The van der Waals surface area contributed by atoms with Crippen molar-refractivity contribution in [3.63, 3.8) is 0 Å². The maximum absolute atomic E-state index is 9.82. The lowest BCUT2D eigenvalue weighted by atomic mass is 11.2. The first-order chi connectivity index (χ1) is 2.81. The Labute approximate surface area is 36.5 Å². The summed E-state index contributed by atoms with van der Waals surface area (Å²) in [6.45, 7) is -1.31. The molecule has 0 spiro atoms. The molecule has 37 valence electrons. The summed E-state index contributed by atoms with van der Waals surface area (Å²) in [5, 5.41) is 9.82. The van der Waals surface area contributed by atoms with E-state index >= 15 is 0 Å². The molecular weight excluding hydrogens is 84.0 g/mol. The zero-order chi connectivity index (χ0) is 4.99. The van der Waals surface area contributed by atoms with Gasteiger partial charge in [0.2, 0.25) is 0 Å². The van der Waals surface area contributed by atoms with Gasteiger partial charge in [-0.25, -0.2) is 0 Å². The average molecular weight is 91.1 g/mol. The SMILES string of the molecule is COC([O])OC. The molecule has 0 atom stereocenters. The van der Waals surface area contributed by atoms with Crippen LogP contribution in [-0.2, 0) is 14.6 Å². The molecule has 0 heterocycles. The lowest BCUT2D eigenvalue weighted by Crippen LogP contribution is -2.07. The van der Waals surface area contributed by atoms with Gasteiger partial charge >= 0.3 is 6.48 Å². The minimum Gasteiger partial charge on any atom is -0.331 e. The summed E-state index contributed by atoms with van der Waals surface area (Å²) in [4.78, 5) is 0. The van der Waals surface area contributed by atoms with Crippen molar-refractivity contribution in [2.45, 2.75) is 6.48 Å². The van der Waals surface area contributed by atoms with Crippen molar-refractivity contribution >= 4 is 0 Å². The van der Waals surface area contributed by atoms with Gasteiger partial charge < -0.3 is 9.47 Å². The predicted octanol–water partition coefficient (Wildman–Crippen LogP) is -0.00670. The third-order valence-electron chi connectivity index (χ3n) is 0.385. The monoisotopic (exact) mass is 91.0 g/mol. The zero-order valence-electron chi connectivity index (χ0n) is 3.80. The van der Waals surface area contributed by atoms with Crippen molar-refractivity contribution in [2.75, 3.05) is 14.2 Å². The quantitative estimate of drug-likeness (QED) is 0.448. The summed E-state index contributed by atoms with van der Waals surface area (Å²) < 4.78 is 8.24. The molecule has 3 nitrogen and oxygen atoms in total. The molecule has 1 radical (unpaired) electrons. The average Bonchev–Trinajstić information content (AvgIpc) is 1.65. The van der Waals surface area contributed by atoms with Crippen LogP contribution in [0.3, 0.4) is 0 Å². The van der Waals surface area contributed by atoms with Gasteiger partial charge in [-0.05, 0) is 0 Å². The van der Waals surface area contributed by atoms with E-state index in [1.165, 1.54) is 14.2 Å². The van der Waals surface area contributed by atoms with Crippen LogP contribution in [0.1, 0.15) is 0 Å². The fraction of sp³-hybridized carbons (Fsp3) is 1.00. The van der Waals surface area contributed by atoms with Crippen LogP contribution in [0.5, 0.6) is 0 Å². The smallest absolute Gasteiger partial charge is 0.300 e. The molecule has 0 saturated carbocycles. The van der Waals surface area contributed by atoms with Gasteiger partial charge in [-0.2, -0.15) is 5.11 Å². The first-order valence-corrected chi connectivity index (χ1v) is 1.52. The highest BCUT2D eigenvalue weighted by Gasteiger charge is 1.93. The van der Waals surface area contributed by atoms with Crippen molar-refractivity contribution in [3.8, 4) is 0 Å². The third-order valence-corrected chi connectivity index (χ3v) is 0.385. The van der Waals surface area contributed by atoms with E-state index < -0.39 is 6.48 Å². The van der Waals surface area contributed by atoms with Crippen LogP contribution in [0.25, 0.3) is 0 Å². The lowest BCUT2D eigenvalue weighted by Gasteiger charge is -1.98. The Bertz CT molecular complexity index is 25.2. The highest BCUT2D eigenvalue weighted by atomic mass is 16.8. The van der Waals surface area contributed by atoms with Crippen LogP contribution in [0.4, 0.5) is 0 Å². The standard InChI is InChI=1S/C3H7O3/c1-5-3(4)6-2/h3H,1-2H3. The molecule has 0 aromatic heterocycles. The van der Waals surface area contributed by atoms with Crippen LogP contribution in [0.2, 0.25) is 0 Å².